The number of carbonyl (C=O) groups is 1. The largest absolute Gasteiger partial charge is 0.454 e. The van der Waals surface area contributed by atoms with Crippen LogP contribution >= 0.6 is 0 Å². The summed E-state index contributed by atoms with van der Waals surface area (Å²) in [5.41, 5.74) is 2.13. The Hall–Kier alpha value is -2.67. The second-order valence-electron chi connectivity index (χ2n) is 7.41. The average Bonchev–Trinajstić information content (AvgIpc) is 3.08. The third kappa shape index (κ3) is 4.25. The first-order chi connectivity index (χ1) is 13.7. The Labute approximate surface area is 165 Å². The van der Waals surface area contributed by atoms with Crippen molar-refractivity contribution < 1.29 is 14.3 Å². The van der Waals surface area contributed by atoms with Crippen LogP contribution in [0.15, 0.2) is 36.9 Å². The van der Waals surface area contributed by atoms with Gasteiger partial charge in [-0.1, -0.05) is 12.1 Å². The first-order valence-corrected chi connectivity index (χ1v) is 9.81. The first kappa shape index (κ1) is 18.7. The predicted molar refractivity (Wildman–Crippen MR) is 104 cm³/mol. The van der Waals surface area contributed by atoms with E-state index in [0.717, 1.165) is 56.0 Å². The number of rotatable bonds is 5. The molecule has 1 atom stereocenters. The van der Waals surface area contributed by atoms with Crippen molar-refractivity contribution in [3.8, 4) is 11.5 Å². The Kier molecular flexibility index (Phi) is 5.71. The fourth-order valence-corrected chi connectivity index (χ4v) is 4.07. The average molecular weight is 382 g/mol. The van der Waals surface area contributed by atoms with E-state index in [1.165, 1.54) is 11.9 Å². The second-order valence-corrected chi connectivity index (χ2v) is 7.41. The number of nitrogens with zero attached hydrogens (tertiary/aromatic N) is 4. The van der Waals surface area contributed by atoms with Gasteiger partial charge >= 0.3 is 0 Å². The molecule has 7 heteroatoms. The van der Waals surface area contributed by atoms with Crippen LogP contribution in [0.4, 0.5) is 0 Å². The Morgan fingerprint density at radius 3 is 2.89 bits per heavy atom. The lowest BCUT2D eigenvalue weighted by Gasteiger charge is -2.30. The van der Waals surface area contributed by atoms with Gasteiger partial charge in [-0.3, -0.25) is 9.69 Å². The summed E-state index contributed by atoms with van der Waals surface area (Å²) in [5.74, 6) is 1.81. The van der Waals surface area contributed by atoms with Crippen molar-refractivity contribution in [2.24, 2.45) is 0 Å². The highest BCUT2D eigenvalue weighted by molar-refractivity contribution is 5.73. The fourth-order valence-electron chi connectivity index (χ4n) is 4.07. The smallest absolute Gasteiger partial charge is 0.231 e. The number of amides is 1. The number of para-hydroxylation sites is 1. The molecule has 0 saturated carbocycles. The van der Waals surface area contributed by atoms with E-state index < -0.39 is 0 Å². The maximum absolute atomic E-state index is 12.3. The van der Waals surface area contributed by atoms with Gasteiger partial charge in [0.1, 0.15) is 6.33 Å². The van der Waals surface area contributed by atoms with E-state index in [1.54, 1.807) is 19.3 Å². The second kappa shape index (κ2) is 8.56. The first-order valence-electron chi connectivity index (χ1n) is 9.81. The zero-order valence-electron chi connectivity index (χ0n) is 16.2. The number of ether oxygens (including phenoxy) is 2. The SMILES string of the molecule is CC(=O)N(Cc1cncnc1)[C@@H]1CCCN(Cc2cccc3c2OCO3)CC1. The summed E-state index contributed by atoms with van der Waals surface area (Å²) in [6.07, 6.45) is 8.11. The molecule has 0 radical (unpaired) electrons. The Morgan fingerprint density at radius 1 is 1.21 bits per heavy atom. The van der Waals surface area contributed by atoms with Gasteiger partial charge in [0.25, 0.3) is 0 Å². The predicted octanol–water partition coefficient (Wildman–Crippen LogP) is 2.61. The van der Waals surface area contributed by atoms with Crippen LogP contribution in [0.25, 0.3) is 0 Å². The number of benzene rings is 1. The van der Waals surface area contributed by atoms with Crippen LogP contribution < -0.4 is 9.47 Å². The standard InChI is InChI=1S/C21H26N4O3/c1-16(26)25(12-17-10-22-14-23-11-17)19-5-3-8-24(9-7-19)13-18-4-2-6-20-21(18)28-15-27-20/h2,4,6,10-11,14,19H,3,5,7-9,12-13,15H2,1H3/t19-/m1/s1. The van der Waals surface area contributed by atoms with Crippen molar-refractivity contribution in [2.45, 2.75) is 45.3 Å². The van der Waals surface area contributed by atoms with Crippen molar-refractivity contribution in [1.29, 1.82) is 0 Å². The van der Waals surface area contributed by atoms with Gasteiger partial charge in [0.15, 0.2) is 11.5 Å². The van der Waals surface area contributed by atoms with E-state index in [-0.39, 0.29) is 11.9 Å². The van der Waals surface area contributed by atoms with Gasteiger partial charge in [-0.05, 0) is 31.9 Å². The third-order valence-corrected chi connectivity index (χ3v) is 5.47. The molecule has 1 aromatic carbocycles. The molecule has 3 heterocycles. The molecule has 0 aliphatic carbocycles. The molecule has 0 N–H and O–H groups in total. The van der Waals surface area contributed by atoms with Crippen LogP contribution in [0.1, 0.15) is 37.3 Å². The minimum absolute atomic E-state index is 0.105. The molecule has 4 rings (SSSR count). The third-order valence-electron chi connectivity index (χ3n) is 5.47. The Bertz CT molecular complexity index is 815. The van der Waals surface area contributed by atoms with E-state index in [9.17, 15) is 4.79 Å². The number of hydrogen-bond acceptors (Lipinski definition) is 6. The summed E-state index contributed by atoms with van der Waals surface area (Å²) in [4.78, 5) is 24.9. The van der Waals surface area contributed by atoms with Crippen molar-refractivity contribution >= 4 is 5.91 Å². The molecule has 148 valence electrons. The molecular weight excluding hydrogens is 356 g/mol. The van der Waals surface area contributed by atoms with Gasteiger partial charge in [0, 0.05) is 56.1 Å². The summed E-state index contributed by atoms with van der Waals surface area (Å²) < 4.78 is 11.1. The summed E-state index contributed by atoms with van der Waals surface area (Å²) in [6.45, 7) is 5.32. The molecule has 1 amide bonds. The molecule has 0 spiro atoms. The van der Waals surface area contributed by atoms with E-state index in [1.807, 2.05) is 17.0 Å². The quantitative estimate of drug-likeness (QED) is 0.792. The Balaban J connectivity index is 1.40. The van der Waals surface area contributed by atoms with Crippen LogP contribution in [-0.4, -0.2) is 51.6 Å². The number of aromatic nitrogens is 2. The highest BCUT2D eigenvalue weighted by atomic mass is 16.7. The summed E-state index contributed by atoms with van der Waals surface area (Å²) in [6, 6.07) is 6.31. The monoisotopic (exact) mass is 382 g/mol. The maximum atomic E-state index is 12.3. The Morgan fingerprint density at radius 2 is 2.07 bits per heavy atom. The zero-order chi connectivity index (χ0) is 19.3. The molecule has 7 nitrogen and oxygen atoms in total. The van der Waals surface area contributed by atoms with Gasteiger partial charge in [-0.2, -0.15) is 0 Å². The van der Waals surface area contributed by atoms with Crippen LogP contribution in [0.3, 0.4) is 0 Å². The van der Waals surface area contributed by atoms with Crippen molar-refractivity contribution in [2.75, 3.05) is 19.9 Å². The van der Waals surface area contributed by atoms with Crippen molar-refractivity contribution in [3.63, 3.8) is 0 Å². The van der Waals surface area contributed by atoms with Crippen LogP contribution in [0, 0.1) is 0 Å². The lowest BCUT2D eigenvalue weighted by Crippen LogP contribution is -2.39. The number of likely N-dealkylation sites (tertiary alicyclic amines) is 1. The summed E-state index contributed by atoms with van der Waals surface area (Å²) in [7, 11) is 0. The van der Waals surface area contributed by atoms with E-state index in [4.69, 9.17) is 9.47 Å². The lowest BCUT2D eigenvalue weighted by molar-refractivity contribution is -0.132. The van der Waals surface area contributed by atoms with Crippen molar-refractivity contribution in [3.05, 3.63) is 48.0 Å². The van der Waals surface area contributed by atoms with Gasteiger partial charge in [0.2, 0.25) is 12.7 Å². The van der Waals surface area contributed by atoms with E-state index in [2.05, 4.69) is 20.9 Å². The summed E-state index contributed by atoms with van der Waals surface area (Å²) >= 11 is 0. The molecule has 28 heavy (non-hydrogen) atoms. The van der Waals surface area contributed by atoms with Crippen LogP contribution in [0.2, 0.25) is 0 Å². The molecule has 1 fully saturated rings. The molecule has 1 aromatic heterocycles. The number of carbonyl (C=O) groups excluding carboxylic acids is 1. The highest BCUT2D eigenvalue weighted by Crippen LogP contribution is 2.36. The number of fused-ring (bicyclic) bond motifs is 1. The molecule has 0 bridgehead atoms. The summed E-state index contributed by atoms with van der Waals surface area (Å²) in [5, 5.41) is 0. The normalized spacial score (nSPS) is 19.2. The number of hydrogen-bond donors (Lipinski definition) is 0. The van der Waals surface area contributed by atoms with Gasteiger partial charge in [-0.25, -0.2) is 9.97 Å². The topological polar surface area (TPSA) is 67.8 Å². The molecule has 0 unspecified atom stereocenters. The van der Waals surface area contributed by atoms with Gasteiger partial charge in [-0.15, -0.1) is 0 Å². The minimum Gasteiger partial charge on any atom is -0.454 e. The van der Waals surface area contributed by atoms with E-state index >= 15 is 0 Å². The molecule has 2 aliphatic rings. The maximum Gasteiger partial charge on any atom is 0.231 e. The van der Waals surface area contributed by atoms with Crippen molar-refractivity contribution in [1.82, 2.24) is 19.8 Å². The molecule has 1 saturated heterocycles. The van der Waals surface area contributed by atoms with Crippen LogP contribution in [0.5, 0.6) is 11.5 Å². The highest BCUT2D eigenvalue weighted by Gasteiger charge is 2.26. The minimum atomic E-state index is 0.105. The zero-order valence-corrected chi connectivity index (χ0v) is 16.2. The van der Waals surface area contributed by atoms with E-state index in [0.29, 0.717) is 13.3 Å². The van der Waals surface area contributed by atoms with Crippen LogP contribution in [-0.2, 0) is 17.9 Å². The van der Waals surface area contributed by atoms with Gasteiger partial charge < -0.3 is 14.4 Å². The van der Waals surface area contributed by atoms with Gasteiger partial charge in [0.05, 0.1) is 0 Å². The molecule has 2 aromatic rings. The fraction of sp³-hybridized carbons (Fsp3) is 0.476. The molecule has 2 aliphatic heterocycles. The molecular formula is C21H26N4O3. The lowest BCUT2D eigenvalue weighted by atomic mass is 10.1.